The van der Waals surface area contributed by atoms with Crippen LogP contribution in [0, 0.1) is 0 Å². The average molecular weight is 394 g/mol. The summed E-state index contributed by atoms with van der Waals surface area (Å²) in [6.45, 7) is 0.264. The minimum Gasteiger partial charge on any atom is -0.455 e. The maximum absolute atomic E-state index is 12.0. The van der Waals surface area contributed by atoms with Crippen molar-refractivity contribution in [2.24, 2.45) is 0 Å². The molecular formula is C23H23NO3S. The summed E-state index contributed by atoms with van der Waals surface area (Å²) >= 11 is 1.53. The monoisotopic (exact) mass is 393 g/mol. The van der Waals surface area contributed by atoms with Gasteiger partial charge in [-0.2, -0.15) is 11.3 Å². The second-order valence-electron chi connectivity index (χ2n) is 6.48. The van der Waals surface area contributed by atoms with E-state index in [-0.39, 0.29) is 30.8 Å². The van der Waals surface area contributed by atoms with Gasteiger partial charge in [0.05, 0.1) is 6.42 Å². The van der Waals surface area contributed by atoms with Gasteiger partial charge in [0.25, 0.3) is 5.91 Å². The Hall–Kier alpha value is -2.92. The molecule has 2 aromatic carbocycles. The zero-order valence-corrected chi connectivity index (χ0v) is 16.4. The molecule has 0 bridgehead atoms. The number of carbonyl (C=O) groups excluding carboxylic acids is 2. The van der Waals surface area contributed by atoms with Crippen LogP contribution in [0.3, 0.4) is 0 Å². The van der Waals surface area contributed by atoms with Crippen LogP contribution in [0.1, 0.15) is 29.0 Å². The molecule has 0 saturated carbocycles. The lowest BCUT2D eigenvalue weighted by Crippen LogP contribution is -2.30. The molecule has 1 heterocycles. The molecule has 28 heavy (non-hydrogen) atoms. The number of hydrogen-bond donors (Lipinski definition) is 1. The van der Waals surface area contributed by atoms with E-state index in [0.29, 0.717) is 6.54 Å². The molecule has 0 atom stereocenters. The summed E-state index contributed by atoms with van der Waals surface area (Å²) in [5, 5.41) is 6.66. The first kappa shape index (κ1) is 19.8. The molecule has 1 aromatic heterocycles. The van der Waals surface area contributed by atoms with E-state index in [9.17, 15) is 9.59 Å². The highest BCUT2D eigenvalue weighted by Crippen LogP contribution is 2.27. The minimum absolute atomic E-state index is 0.195. The first-order chi connectivity index (χ1) is 13.7. The van der Waals surface area contributed by atoms with Gasteiger partial charge in [-0.05, 0) is 39.9 Å². The molecule has 0 radical (unpaired) electrons. The number of hydrogen-bond acceptors (Lipinski definition) is 4. The number of thiophene rings is 1. The van der Waals surface area contributed by atoms with Gasteiger partial charge in [-0.3, -0.25) is 9.59 Å². The van der Waals surface area contributed by atoms with Gasteiger partial charge in [-0.25, -0.2) is 0 Å². The van der Waals surface area contributed by atoms with Crippen LogP contribution in [0.15, 0.2) is 77.5 Å². The Balaban J connectivity index is 1.47. The SMILES string of the molecule is O=C(COC(=O)Cc1ccsc1)NCCC(c1ccccc1)c1ccccc1. The summed E-state index contributed by atoms with van der Waals surface area (Å²) in [6.07, 6.45) is 0.962. The van der Waals surface area contributed by atoms with Gasteiger partial charge < -0.3 is 10.1 Å². The highest BCUT2D eigenvalue weighted by molar-refractivity contribution is 7.07. The van der Waals surface area contributed by atoms with Crippen LogP contribution in [0.5, 0.6) is 0 Å². The smallest absolute Gasteiger partial charge is 0.310 e. The highest BCUT2D eigenvalue weighted by Gasteiger charge is 2.14. The Labute approximate surface area is 169 Å². The van der Waals surface area contributed by atoms with Crippen LogP contribution in [0.25, 0.3) is 0 Å². The van der Waals surface area contributed by atoms with Crippen LogP contribution < -0.4 is 5.32 Å². The fourth-order valence-electron chi connectivity index (χ4n) is 3.06. The number of ether oxygens (including phenoxy) is 1. The van der Waals surface area contributed by atoms with Crippen molar-refractivity contribution in [1.82, 2.24) is 5.32 Å². The molecule has 0 aliphatic heterocycles. The van der Waals surface area contributed by atoms with E-state index in [1.165, 1.54) is 22.5 Å². The van der Waals surface area contributed by atoms with Crippen LogP contribution in [0.2, 0.25) is 0 Å². The third kappa shape index (κ3) is 6.06. The molecule has 1 N–H and O–H groups in total. The van der Waals surface area contributed by atoms with Crippen molar-refractivity contribution < 1.29 is 14.3 Å². The van der Waals surface area contributed by atoms with Gasteiger partial charge in [0.2, 0.25) is 0 Å². The third-order valence-corrected chi connectivity index (χ3v) is 5.18. The molecule has 0 saturated heterocycles. The van der Waals surface area contributed by atoms with E-state index in [0.717, 1.165) is 12.0 Å². The lowest BCUT2D eigenvalue weighted by Gasteiger charge is -2.18. The summed E-state index contributed by atoms with van der Waals surface area (Å²) in [5.74, 6) is -0.470. The summed E-state index contributed by atoms with van der Waals surface area (Å²) < 4.78 is 5.06. The predicted molar refractivity (Wildman–Crippen MR) is 111 cm³/mol. The molecule has 3 aromatic rings. The summed E-state index contributed by atoms with van der Waals surface area (Å²) in [5.41, 5.74) is 3.33. The molecule has 0 aliphatic rings. The molecule has 1 amide bonds. The quantitative estimate of drug-likeness (QED) is 0.555. The van der Waals surface area contributed by atoms with Crippen molar-refractivity contribution in [2.75, 3.05) is 13.2 Å². The lowest BCUT2D eigenvalue weighted by atomic mass is 9.88. The summed E-state index contributed by atoms with van der Waals surface area (Å²) in [7, 11) is 0. The number of rotatable bonds is 9. The van der Waals surface area contributed by atoms with Gasteiger partial charge in [-0.15, -0.1) is 0 Å². The molecule has 3 rings (SSSR count). The van der Waals surface area contributed by atoms with Crippen LogP contribution in [-0.4, -0.2) is 25.0 Å². The normalized spacial score (nSPS) is 10.6. The highest BCUT2D eigenvalue weighted by atomic mass is 32.1. The maximum Gasteiger partial charge on any atom is 0.310 e. The molecule has 144 valence electrons. The van der Waals surface area contributed by atoms with Gasteiger partial charge >= 0.3 is 5.97 Å². The molecule has 0 spiro atoms. The fraction of sp³-hybridized carbons (Fsp3) is 0.217. The van der Waals surface area contributed by atoms with Crippen molar-refractivity contribution in [1.29, 1.82) is 0 Å². The van der Waals surface area contributed by atoms with Crippen molar-refractivity contribution in [3.05, 3.63) is 94.2 Å². The summed E-state index contributed by atoms with van der Waals surface area (Å²) in [6, 6.07) is 22.4. The van der Waals surface area contributed by atoms with E-state index in [4.69, 9.17) is 4.74 Å². The van der Waals surface area contributed by atoms with Crippen molar-refractivity contribution in [3.8, 4) is 0 Å². The Morgan fingerprint density at radius 1 is 0.929 bits per heavy atom. The minimum atomic E-state index is -0.389. The van der Waals surface area contributed by atoms with E-state index in [2.05, 4.69) is 29.6 Å². The lowest BCUT2D eigenvalue weighted by molar-refractivity contribution is -0.147. The molecule has 0 aliphatic carbocycles. The predicted octanol–water partition coefficient (Wildman–Crippen LogP) is 4.17. The molecule has 0 fully saturated rings. The average Bonchev–Trinajstić information content (AvgIpc) is 3.24. The van der Waals surface area contributed by atoms with E-state index in [1.54, 1.807) is 0 Å². The van der Waals surface area contributed by atoms with E-state index < -0.39 is 0 Å². The van der Waals surface area contributed by atoms with Crippen molar-refractivity contribution in [3.63, 3.8) is 0 Å². The van der Waals surface area contributed by atoms with E-state index in [1.807, 2.05) is 53.2 Å². The topological polar surface area (TPSA) is 55.4 Å². The number of amides is 1. The van der Waals surface area contributed by atoms with Gasteiger partial charge in [0.15, 0.2) is 6.61 Å². The van der Waals surface area contributed by atoms with Crippen LogP contribution >= 0.6 is 11.3 Å². The Bertz CT molecular complexity index is 824. The Morgan fingerprint density at radius 2 is 1.57 bits per heavy atom. The standard InChI is InChI=1S/C23H23NO3S/c25-22(16-27-23(26)15-18-12-14-28-17-18)24-13-11-21(19-7-3-1-4-8-19)20-9-5-2-6-10-20/h1-10,12,14,17,21H,11,13,15-16H2,(H,24,25). The van der Waals surface area contributed by atoms with Crippen molar-refractivity contribution in [2.45, 2.75) is 18.8 Å². The van der Waals surface area contributed by atoms with Gasteiger partial charge in [-0.1, -0.05) is 60.7 Å². The van der Waals surface area contributed by atoms with Crippen LogP contribution in [-0.2, 0) is 20.7 Å². The number of benzene rings is 2. The first-order valence-electron chi connectivity index (χ1n) is 9.25. The van der Waals surface area contributed by atoms with Crippen LogP contribution in [0.4, 0.5) is 0 Å². The number of carbonyl (C=O) groups is 2. The fourth-order valence-corrected chi connectivity index (χ4v) is 3.73. The molecular weight excluding hydrogens is 370 g/mol. The van der Waals surface area contributed by atoms with Gasteiger partial charge in [0.1, 0.15) is 0 Å². The largest absolute Gasteiger partial charge is 0.455 e. The number of esters is 1. The number of nitrogens with one attached hydrogen (secondary N) is 1. The first-order valence-corrected chi connectivity index (χ1v) is 10.2. The molecule has 4 nitrogen and oxygen atoms in total. The Morgan fingerprint density at radius 3 is 2.14 bits per heavy atom. The Kier molecular flexibility index (Phi) is 7.38. The third-order valence-electron chi connectivity index (χ3n) is 4.45. The maximum atomic E-state index is 12.0. The van der Waals surface area contributed by atoms with Gasteiger partial charge in [0, 0.05) is 12.5 Å². The zero-order chi connectivity index (χ0) is 19.6. The van der Waals surface area contributed by atoms with E-state index >= 15 is 0 Å². The van der Waals surface area contributed by atoms with Crippen molar-refractivity contribution >= 4 is 23.2 Å². The zero-order valence-electron chi connectivity index (χ0n) is 15.5. The summed E-state index contributed by atoms with van der Waals surface area (Å²) in [4.78, 5) is 23.8. The second kappa shape index (κ2) is 10.4. The second-order valence-corrected chi connectivity index (χ2v) is 7.26. The molecule has 0 unspecified atom stereocenters. The molecule has 5 heteroatoms.